The predicted molar refractivity (Wildman–Crippen MR) is 117 cm³/mol. The molecule has 4 rings (SSSR count). The molecule has 8 heteroatoms. The number of carbonyl (C=O) groups is 1. The van der Waals surface area contributed by atoms with Crippen LogP contribution in [0.2, 0.25) is 0 Å². The van der Waals surface area contributed by atoms with Crippen molar-refractivity contribution >= 4 is 28.5 Å². The first kappa shape index (κ1) is 21.6. The second-order valence-corrected chi connectivity index (χ2v) is 6.68. The van der Waals surface area contributed by atoms with Gasteiger partial charge in [-0.2, -0.15) is 0 Å². The Hall–Kier alpha value is -3.10. The van der Waals surface area contributed by atoms with Crippen molar-refractivity contribution in [2.24, 2.45) is 0 Å². The number of anilines is 2. The summed E-state index contributed by atoms with van der Waals surface area (Å²) >= 11 is 0. The predicted octanol–water partition coefficient (Wildman–Crippen LogP) is 3.31. The lowest BCUT2D eigenvalue weighted by atomic mass is 10.2. The minimum Gasteiger partial charge on any atom is -0.447 e. The van der Waals surface area contributed by atoms with Crippen molar-refractivity contribution in [3.8, 4) is 0 Å². The third kappa shape index (κ3) is 5.71. The van der Waals surface area contributed by atoms with Crippen LogP contribution in [-0.2, 0) is 14.2 Å². The van der Waals surface area contributed by atoms with E-state index in [9.17, 15) is 4.79 Å². The minimum atomic E-state index is -0.283. The number of cyclic esters (lactones) is 1. The second-order valence-electron chi connectivity index (χ2n) is 6.68. The van der Waals surface area contributed by atoms with Crippen LogP contribution in [0.3, 0.4) is 0 Å². The summed E-state index contributed by atoms with van der Waals surface area (Å²) in [5.41, 5.74) is 3.87. The first-order chi connectivity index (χ1) is 14.7. The quantitative estimate of drug-likeness (QED) is 0.612. The van der Waals surface area contributed by atoms with Crippen LogP contribution in [0.5, 0.6) is 0 Å². The number of amides is 1. The Morgan fingerprint density at radius 3 is 2.47 bits per heavy atom. The maximum Gasteiger partial charge on any atom is 0.414 e. The summed E-state index contributed by atoms with van der Waals surface area (Å²) in [5, 5.41) is 0. The normalized spacial score (nSPS) is 13.1. The topological polar surface area (TPSA) is 79.9 Å². The molecule has 2 heterocycles. The number of ether oxygens (including phenoxy) is 3. The van der Waals surface area contributed by atoms with Crippen molar-refractivity contribution < 1.29 is 19.0 Å². The van der Waals surface area contributed by atoms with E-state index < -0.39 is 0 Å². The highest BCUT2D eigenvalue weighted by Crippen LogP contribution is 2.22. The van der Waals surface area contributed by atoms with Crippen LogP contribution < -0.4 is 9.80 Å². The number of fused-ring (bicyclic) bond motifs is 1. The van der Waals surface area contributed by atoms with Crippen LogP contribution in [-0.4, -0.2) is 69.7 Å². The summed E-state index contributed by atoms with van der Waals surface area (Å²) < 4.78 is 15.1. The molecule has 0 saturated carbocycles. The zero-order valence-corrected chi connectivity index (χ0v) is 17.4. The Kier molecular flexibility index (Phi) is 8.05. The average Bonchev–Trinajstić information content (AvgIpc) is 3.43. The molecule has 8 nitrogen and oxygen atoms in total. The van der Waals surface area contributed by atoms with Gasteiger partial charge in [-0.05, 0) is 30.3 Å². The molecule has 0 atom stereocenters. The first-order valence-corrected chi connectivity index (χ1v) is 9.88. The Morgan fingerprint density at radius 1 is 1.10 bits per heavy atom. The fourth-order valence-corrected chi connectivity index (χ4v) is 3.13. The zero-order chi connectivity index (χ0) is 21.2. The summed E-state index contributed by atoms with van der Waals surface area (Å²) in [7, 11) is 3.44. The van der Waals surface area contributed by atoms with Crippen molar-refractivity contribution in [2.75, 3.05) is 63.5 Å². The van der Waals surface area contributed by atoms with Crippen molar-refractivity contribution in [3.05, 3.63) is 54.9 Å². The smallest absolute Gasteiger partial charge is 0.414 e. The number of nitrogens with zero attached hydrogens (tertiary/aromatic N) is 3. The molecule has 0 radical (unpaired) electrons. The van der Waals surface area contributed by atoms with Crippen LogP contribution in [0.4, 0.5) is 16.2 Å². The van der Waals surface area contributed by atoms with Gasteiger partial charge in [-0.15, -0.1) is 0 Å². The van der Waals surface area contributed by atoms with Crippen molar-refractivity contribution in [2.45, 2.75) is 0 Å². The fraction of sp³-hybridized carbons (Fsp3) is 0.364. The summed E-state index contributed by atoms with van der Waals surface area (Å²) in [6.45, 7) is 4.32. The van der Waals surface area contributed by atoms with Crippen LogP contribution in [0, 0.1) is 0 Å². The number of methoxy groups -OCH3 is 2. The molecule has 0 spiro atoms. The zero-order valence-electron chi connectivity index (χ0n) is 17.4. The van der Waals surface area contributed by atoms with Crippen LogP contribution in [0.15, 0.2) is 54.9 Å². The highest BCUT2D eigenvalue weighted by molar-refractivity contribution is 5.92. The maximum atomic E-state index is 11.3. The molecule has 0 bridgehead atoms. The van der Waals surface area contributed by atoms with E-state index in [2.05, 4.69) is 27.0 Å². The monoisotopic (exact) mass is 412 g/mol. The highest BCUT2D eigenvalue weighted by Gasteiger charge is 2.23. The maximum absolute atomic E-state index is 11.3. The van der Waals surface area contributed by atoms with E-state index >= 15 is 0 Å². The van der Waals surface area contributed by atoms with Crippen molar-refractivity contribution in [1.29, 1.82) is 0 Å². The van der Waals surface area contributed by atoms with Gasteiger partial charge in [-0.3, -0.25) is 4.90 Å². The van der Waals surface area contributed by atoms with E-state index in [-0.39, 0.29) is 6.09 Å². The minimum absolute atomic E-state index is 0.283. The third-order valence-corrected chi connectivity index (χ3v) is 4.73. The van der Waals surface area contributed by atoms with Crippen molar-refractivity contribution in [1.82, 2.24) is 9.97 Å². The number of hydrogen-bond donors (Lipinski definition) is 1. The van der Waals surface area contributed by atoms with E-state index in [0.29, 0.717) is 13.2 Å². The van der Waals surface area contributed by atoms with E-state index in [0.717, 1.165) is 43.0 Å². The van der Waals surface area contributed by atoms with Crippen LogP contribution in [0.1, 0.15) is 0 Å². The number of rotatable bonds is 8. The Bertz CT molecular complexity index is 908. The van der Waals surface area contributed by atoms with Crippen LogP contribution in [0.25, 0.3) is 11.0 Å². The number of aromatic nitrogens is 2. The van der Waals surface area contributed by atoms with E-state index in [1.54, 1.807) is 25.4 Å². The summed E-state index contributed by atoms with van der Waals surface area (Å²) in [6.07, 6.45) is 1.35. The van der Waals surface area contributed by atoms with E-state index in [1.165, 1.54) is 5.69 Å². The molecule has 1 aliphatic rings. The number of benzene rings is 2. The SMILES string of the molecule is COCCN(CCOC)c1ccccc1.O=C1OCCN1c1ccc2nc[nH]c2c1. The first-order valence-electron chi connectivity index (χ1n) is 9.88. The van der Waals surface area contributed by atoms with Gasteiger partial charge in [0.15, 0.2) is 0 Å². The molecule has 1 fully saturated rings. The number of para-hydroxylation sites is 1. The highest BCUT2D eigenvalue weighted by atomic mass is 16.6. The molecule has 160 valence electrons. The van der Waals surface area contributed by atoms with Gasteiger partial charge in [0.05, 0.1) is 37.1 Å². The van der Waals surface area contributed by atoms with Gasteiger partial charge >= 0.3 is 6.09 Å². The molecule has 3 aromatic rings. The molecular weight excluding hydrogens is 384 g/mol. The summed E-state index contributed by atoms with van der Waals surface area (Å²) in [6, 6.07) is 16.0. The lowest BCUT2D eigenvalue weighted by Crippen LogP contribution is -2.30. The molecule has 0 aliphatic carbocycles. The molecular formula is C22H28N4O4. The van der Waals surface area contributed by atoms with Gasteiger partial charge < -0.3 is 24.1 Å². The number of hydrogen-bond acceptors (Lipinski definition) is 6. The van der Waals surface area contributed by atoms with Gasteiger partial charge in [-0.1, -0.05) is 18.2 Å². The molecule has 1 aromatic heterocycles. The molecule has 1 aliphatic heterocycles. The molecule has 1 saturated heterocycles. The van der Waals surface area contributed by atoms with Crippen LogP contribution >= 0.6 is 0 Å². The van der Waals surface area contributed by atoms with Gasteiger partial charge in [0.25, 0.3) is 0 Å². The number of carbonyl (C=O) groups excluding carboxylic acids is 1. The van der Waals surface area contributed by atoms with Gasteiger partial charge in [0, 0.05) is 38.7 Å². The van der Waals surface area contributed by atoms with Gasteiger partial charge in [0.1, 0.15) is 6.61 Å². The van der Waals surface area contributed by atoms with E-state index in [4.69, 9.17) is 14.2 Å². The molecule has 0 unspecified atom stereocenters. The lowest BCUT2D eigenvalue weighted by molar-refractivity contribution is 0.181. The number of nitrogens with one attached hydrogen (secondary N) is 1. The molecule has 1 N–H and O–H groups in total. The fourth-order valence-electron chi connectivity index (χ4n) is 3.13. The number of aromatic amines is 1. The van der Waals surface area contributed by atoms with Crippen molar-refractivity contribution in [3.63, 3.8) is 0 Å². The summed E-state index contributed by atoms with van der Waals surface area (Å²) in [5.74, 6) is 0. The molecule has 30 heavy (non-hydrogen) atoms. The largest absolute Gasteiger partial charge is 0.447 e. The van der Waals surface area contributed by atoms with Gasteiger partial charge in [-0.25, -0.2) is 9.78 Å². The second kappa shape index (κ2) is 11.2. The average molecular weight is 412 g/mol. The summed E-state index contributed by atoms with van der Waals surface area (Å²) in [4.78, 5) is 22.3. The third-order valence-electron chi connectivity index (χ3n) is 4.73. The Labute approximate surface area is 176 Å². The lowest BCUT2D eigenvalue weighted by Gasteiger charge is -2.24. The molecule has 1 amide bonds. The Morgan fingerprint density at radius 2 is 1.83 bits per heavy atom. The van der Waals surface area contributed by atoms with Gasteiger partial charge in [0.2, 0.25) is 0 Å². The number of H-pyrrole nitrogens is 1. The molecule has 2 aromatic carbocycles. The number of imidazole rings is 1. The van der Waals surface area contributed by atoms with E-state index in [1.807, 2.05) is 36.4 Å². The standard InChI is InChI=1S/C12H19NO2.C10H9N3O2/c1-14-10-8-13(9-11-15-2)12-6-4-3-5-7-12;14-10-13(3-4-15-10)7-1-2-8-9(5-7)12-6-11-8/h3-7H,8-11H2,1-2H3;1-2,5-6H,3-4H2,(H,11,12). The Balaban J connectivity index is 0.000000171.